The van der Waals surface area contributed by atoms with Crippen LogP contribution in [0.5, 0.6) is 11.5 Å². The molecular formula is C10H5NO4. The Morgan fingerprint density at radius 3 is 2.80 bits per heavy atom. The number of cyclic esters (lactones) is 1. The first-order chi connectivity index (χ1) is 7.29. The van der Waals surface area contributed by atoms with Gasteiger partial charge in [-0.25, -0.2) is 4.79 Å². The Labute approximate surface area is 84.8 Å². The van der Waals surface area contributed by atoms with E-state index in [4.69, 9.17) is 19.5 Å². The van der Waals surface area contributed by atoms with Gasteiger partial charge >= 0.3 is 5.97 Å². The first-order valence-corrected chi connectivity index (χ1v) is 4.34. The molecule has 0 saturated carbocycles. The largest absolute Gasteiger partial charge is 0.454 e. The van der Waals surface area contributed by atoms with Crippen LogP contribution in [-0.4, -0.2) is 12.8 Å². The molecule has 2 heterocycles. The highest BCUT2D eigenvalue weighted by molar-refractivity contribution is 5.95. The Morgan fingerprint density at radius 1 is 1.33 bits per heavy atom. The van der Waals surface area contributed by atoms with Gasteiger partial charge in [-0.2, -0.15) is 5.26 Å². The van der Waals surface area contributed by atoms with Crippen LogP contribution in [0, 0.1) is 11.3 Å². The number of esters is 1. The molecule has 0 spiro atoms. The Morgan fingerprint density at radius 2 is 2.07 bits per heavy atom. The number of nitriles is 1. The van der Waals surface area contributed by atoms with Crippen molar-refractivity contribution in [3.05, 3.63) is 23.3 Å². The molecule has 0 bridgehead atoms. The molecule has 0 radical (unpaired) electrons. The number of rotatable bonds is 0. The van der Waals surface area contributed by atoms with Gasteiger partial charge < -0.3 is 14.2 Å². The van der Waals surface area contributed by atoms with Gasteiger partial charge in [-0.05, 0) is 12.1 Å². The number of carbonyl (C=O) groups excluding carboxylic acids is 1. The number of nitrogens with zero attached hydrogens (tertiary/aromatic N) is 1. The molecule has 0 aromatic heterocycles. The summed E-state index contributed by atoms with van der Waals surface area (Å²) in [5, 5.41) is 8.78. The van der Waals surface area contributed by atoms with Gasteiger partial charge in [0.25, 0.3) is 0 Å². The lowest BCUT2D eigenvalue weighted by Crippen LogP contribution is -1.96. The van der Waals surface area contributed by atoms with E-state index in [1.54, 1.807) is 12.1 Å². The van der Waals surface area contributed by atoms with Crippen molar-refractivity contribution in [2.75, 3.05) is 6.79 Å². The standard InChI is InChI=1S/C10H5NO4/c11-3-9-5-1-7-8(14-4-13-7)2-6(5)10(12)15-9/h1-2,9H,4H2. The highest BCUT2D eigenvalue weighted by Gasteiger charge is 2.34. The molecule has 5 heteroatoms. The van der Waals surface area contributed by atoms with Crippen molar-refractivity contribution in [1.82, 2.24) is 0 Å². The van der Waals surface area contributed by atoms with Crippen molar-refractivity contribution >= 4 is 5.97 Å². The molecule has 0 aliphatic carbocycles. The second kappa shape index (κ2) is 2.64. The molecule has 2 aliphatic rings. The molecule has 0 amide bonds. The van der Waals surface area contributed by atoms with Gasteiger partial charge in [0.1, 0.15) is 6.07 Å². The molecule has 1 aromatic carbocycles. The maximum atomic E-state index is 11.4. The Kier molecular flexibility index (Phi) is 1.43. The Bertz CT molecular complexity index is 503. The van der Waals surface area contributed by atoms with Crippen LogP contribution in [0.3, 0.4) is 0 Å². The summed E-state index contributed by atoms with van der Waals surface area (Å²) in [7, 11) is 0. The summed E-state index contributed by atoms with van der Waals surface area (Å²) in [5.41, 5.74) is 0.928. The quantitative estimate of drug-likeness (QED) is 0.591. The summed E-state index contributed by atoms with van der Waals surface area (Å²) < 4.78 is 15.1. The van der Waals surface area contributed by atoms with Crippen molar-refractivity contribution < 1.29 is 19.0 Å². The first kappa shape index (κ1) is 8.12. The topological polar surface area (TPSA) is 68.5 Å². The number of carbonyl (C=O) groups is 1. The van der Waals surface area contributed by atoms with Gasteiger partial charge in [0.2, 0.25) is 12.9 Å². The maximum absolute atomic E-state index is 11.4. The van der Waals surface area contributed by atoms with Crippen molar-refractivity contribution in [1.29, 1.82) is 5.26 Å². The summed E-state index contributed by atoms with van der Waals surface area (Å²) in [5.74, 6) is 0.575. The number of fused-ring (bicyclic) bond motifs is 2. The molecule has 1 unspecified atom stereocenters. The molecule has 3 rings (SSSR count). The van der Waals surface area contributed by atoms with Crippen LogP contribution in [0.2, 0.25) is 0 Å². The van der Waals surface area contributed by atoms with E-state index in [0.717, 1.165) is 0 Å². The molecule has 1 aromatic rings. The second-order valence-corrected chi connectivity index (χ2v) is 3.21. The van der Waals surface area contributed by atoms with Crippen molar-refractivity contribution in [3.8, 4) is 17.6 Å². The highest BCUT2D eigenvalue weighted by Crippen LogP contribution is 2.40. The molecule has 2 aliphatic heterocycles. The van der Waals surface area contributed by atoms with Crippen LogP contribution in [0.25, 0.3) is 0 Å². The van der Waals surface area contributed by atoms with E-state index in [1.807, 2.05) is 6.07 Å². The van der Waals surface area contributed by atoms with Crippen LogP contribution in [0.1, 0.15) is 22.0 Å². The van der Waals surface area contributed by atoms with Crippen LogP contribution >= 0.6 is 0 Å². The van der Waals surface area contributed by atoms with Gasteiger partial charge in [-0.3, -0.25) is 0 Å². The summed E-state index contributed by atoms with van der Waals surface area (Å²) in [4.78, 5) is 11.4. The normalized spacial score (nSPS) is 20.7. The third-order valence-corrected chi connectivity index (χ3v) is 2.39. The number of hydrogen-bond acceptors (Lipinski definition) is 5. The van der Waals surface area contributed by atoms with Gasteiger partial charge in [0.15, 0.2) is 11.5 Å². The summed E-state index contributed by atoms with van der Waals surface area (Å²) in [6.07, 6.45) is -0.831. The summed E-state index contributed by atoms with van der Waals surface area (Å²) >= 11 is 0. The van der Waals surface area contributed by atoms with E-state index in [-0.39, 0.29) is 6.79 Å². The number of benzene rings is 1. The number of hydrogen-bond donors (Lipinski definition) is 0. The van der Waals surface area contributed by atoms with Gasteiger partial charge in [-0.15, -0.1) is 0 Å². The van der Waals surface area contributed by atoms with Crippen molar-refractivity contribution in [2.45, 2.75) is 6.10 Å². The smallest absolute Gasteiger partial charge is 0.340 e. The zero-order valence-electron chi connectivity index (χ0n) is 7.52. The van der Waals surface area contributed by atoms with Crippen LogP contribution in [0.15, 0.2) is 12.1 Å². The molecule has 74 valence electrons. The molecule has 0 fully saturated rings. The van der Waals surface area contributed by atoms with Crippen LogP contribution in [0.4, 0.5) is 0 Å². The highest BCUT2D eigenvalue weighted by atomic mass is 16.7. The third-order valence-electron chi connectivity index (χ3n) is 2.39. The maximum Gasteiger partial charge on any atom is 0.340 e. The zero-order valence-corrected chi connectivity index (χ0v) is 7.52. The molecule has 0 saturated heterocycles. The second-order valence-electron chi connectivity index (χ2n) is 3.21. The predicted octanol–water partition coefficient (Wildman–Crippen LogP) is 1.15. The van der Waals surface area contributed by atoms with E-state index in [9.17, 15) is 4.79 Å². The van der Waals surface area contributed by atoms with E-state index in [0.29, 0.717) is 22.6 Å². The van der Waals surface area contributed by atoms with Crippen molar-refractivity contribution in [2.24, 2.45) is 0 Å². The fourth-order valence-corrected chi connectivity index (χ4v) is 1.68. The van der Waals surface area contributed by atoms with Crippen LogP contribution < -0.4 is 9.47 Å². The van der Waals surface area contributed by atoms with Crippen LogP contribution in [-0.2, 0) is 4.74 Å². The predicted molar refractivity (Wildman–Crippen MR) is 46.3 cm³/mol. The minimum absolute atomic E-state index is 0.143. The fraction of sp³-hybridized carbons (Fsp3) is 0.200. The average molecular weight is 203 g/mol. The summed E-state index contributed by atoms with van der Waals surface area (Å²) in [6, 6.07) is 5.08. The lowest BCUT2D eigenvalue weighted by Gasteiger charge is -2.00. The fourth-order valence-electron chi connectivity index (χ4n) is 1.68. The zero-order chi connectivity index (χ0) is 10.4. The first-order valence-electron chi connectivity index (χ1n) is 4.34. The van der Waals surface area contributed by atoms with Gasteiger partial charge in [-0.1, -0.05) is 0 Å². The summed E-state index contributed by atoms with van der Waals surface area (Å²) in [6.45, 7) is 0.143. The van der Waals surface area contributed by atoms with Gasteiger partial charge in [0.05, 0.1) is 5.56 Å². The Hall–Kier alpha value is -2.22. The van der Waals surface area contributed by atoms with Crippen molar-refractivity contribution in [3.63, 3.8) is 0 Å². The lowest BCUT2D eigenvalue weighted by molar-refractivity contribution is 0.0477. The molecule has 15 heavy (non-hydrogen) atoms. The average Bonchev–Trinajstić information content (AvgIpc) is 2.81. The third kappa shape index (κ3) is 0.987. The minimum Gasteiger partial charge on any atom is -0.454 e. The lowest BCUT2D eigenvalue weighted by atomic mass is 10.0. The molecular weight excluding hydrogens is 198 g/mol. The molecule has 1 atom stereocenters. The van der Waals surface area contributed by atoms with E-state index in [1.165, 1.54) is 0 Å². The number of ether oxygens (including phenoxy) is 3. The van der Waals surface area contributed by atoms with E-state index in [2.05, 4.69) is 0 Å². The molecule has 0 N–H and O–H groups in total. The van der Waals surface area contributed by atoms with E-state index >= 15 is 0 Å². The SMILES string of the molecule is N#CC1OC(=O)c2cc3c(cc21)OCO3. The Balaban J connectivity index is 2.21. The monoisotopic (exact) mass is 203 g/mol. The van der Waals surface area contributed by atoms with Gasteiger partial charge in [0, 0.05) is 5.56 Å². The minimum atomic E-state index is -0.831. The molecule has 5 nitrogen and oxygen atoms in total. The van der Waals surface area contributed by atoms with E-state index < -0.39 is 12.1 Å².